The van der Waals surface area contributed by atoms with E-state index in [9.17, 15) is 0 Å². The molecule has 2 aromatic rings. The minimum atomic E-state index is -1.44. The molecule has 0 atom stereocenters. The van der Waals surface area contributed by atoms with Crippen molar-refractivity contribution in [2.75, 3.05) is 26.4 Å². The Hall–Kier alpha value is -0.940. The Bertz CT molecular complexity index is 1150. The molecule has 45 heavy (non-hydrogen) atoms. The fourth-order valence-corrected chi connectivity index (χ4v) is 8.79. The van der Waals surface area contributed by atoms with Gasteiger partial charge in [0.05, 0.1) is 45.1 Å². The van der Waals surface area contributed by atoms with Crippen LogP contribution >= 0.6 is 17.2 Å². The molecule has 0 aromatic heterocycles. The topological polar surface area (TPSA) is 55.4 Å². The molecule has 2 aromatic carbocycles. The molecule has 2 saturated heterocycles. The third kappa shape index (κ3) is 9.15. The average Bonchev–Trinajstić information content (AvgIpc) is 2.91. The van der Waals surface area contributed by atoms with Crippen LogP contribution in [0, 0.1) is 19.3 Å². The lowest BCUT2D eigenvalue weighted by molar-refractivity contribution is -0.0772. The van der Waals surface area contributed by atoms with Crippen LogP contribution in [0.15, 0.2) is 24.3 Å². The minimum Gasteiger partial charge on any atom is -0.311 e. The Morgan fingerprint density at radius 1 is 0.511 bits per heavy atom. The molecule has 0 radical (unpaired) electrons. The van der Waals surface area contributed by atoms with Crippen molar-refractivity contribution in [3.63, 3.8) is 0 Å². The molecule has 0 aliphatic carbocycles. The molecule has 252 valence electrons. The summed E-state index contributed by atoms with van der Waals surface area (Å²) in [6, 6.07) is 9.11. The van der Waals surface area contributed by atoms with Crippen molar-refractivity contribution in [3.05, 3.63) is 68.8 Å². The first-order valence-electron chi connectivity index (χ1n) is 16.3. The first kappa shape index (κ1) is 36.9. The quantitative estimate of drug-likeness (QED) is 0.288. The van der Waals surface area contributed by atoms with Crippen LogP contribution in [-0.4, -0.2) is 26.4 Å². The normalized spacial score (nSPS) is 23.5. The number of benzene rings is 2. The van der Waals surface area contributed by atoms with Crippen molar-refractivity contribution >= 4 is 17.2 Å². The van der Waals surface area contributed by atoms with Gasteiger partial charge in [0, 0.05) is 0 Å². The highest BCUT2D eigenvalue weighted by Gasteiger charge is 2.44. The lowest BCUT2D eigenvalue weighted by atomic mass is 9.76. The molecule has 2 aliphatic rings. The standard InChI is InChI=1S/C37H58O6P2/c1-25-29(33(3,4)5)15-27(16-30(25)34(6,7)8)19-38-44-40-21-37(22-41-44)23-42-45(43-24-37)39-20-28-17-31(35(9,10)11)26(2)32(18-28)36(12,13)14/h15-18H,19-24H2,1-14H3. The van der Waals surface area contributed by atoms with E-state index in [4.69, 9.17) is 27.1 Å². The summed E-state index contributed by atoms with van der Waals surface area (Å²) < 4.78 is 36.8. The van der Waals surface area contributed by atoms with Gasteiger partial charge in [-0.2, -0.15) is 0 Å². The van der Waals surface area contributed by atoms with Crippen LogP contribution in [0.25, 0.3) is 0 Å². The SMILES string of the molecule is Cc1c(C(C)(C)C)cc(COP2OCC3(CO2)COP(OCc2cc(C(C)(C)C)c(C)c(C(C)(C)C)c2)OC3)cc1C(C)(C)C. The summed E-state index contributed by atoms with van der Waals surface area (Å²) in [5, 5.41) is 0. The molecule has 1 spiro atoms. The van der Waals surface area contributed by atoms with Crippen molar-refractivity contribution < 1.29 is 27.1 Å². The summed E-state index contributed by atoms with van der Waals surface area (Å²) in [5.41, 5.74) is 10.3. The Morgan fingerprint density at radius 2 is 0.756 bits per heavy atom. The first-order chi connectivity index (χ1) is 20.6. The molecule has 0 saturated carbocycles. The molecule has 0 amide bonds. The third-order valence-electron chi connectivity index (χ3n) is 8.74. The summed E-state index contributed by atoms with van der Waals surface area (Å²) in [6.07, 6.45) is 0. The van der Waals surface area contributed by atoms with Gasteiger partial charge in [0.15, 0.2) is 0 Å². The van der Waals surface area contributed by atoms with E-state index < -0.39 is 17.2 Å². The zero-order chi connectivity index (χ0) is 33.6. The zero-order valence-electron chi connectivity index (χ0n) is 30.4. The van der Waals surface area contributed by atoms with Gasteiger partial charge in [-0.05, 0) is 80.0 Å². The second-order valence-corrected chi connectivity index (χ2v) is 19.7. The van der Waals surface area contributed by atoms with Gasteiger partial charge in [0.1, 0.15) is 0 Å². The molecule has 2 heterocycles. The first-order valence-corrected chi connectivity index (χ1v) is 18.4. The largest absolute Gasteiger partial charge is 0.333 e. The van der Waals surface area contributed by atoms with Crippen LogP contribution in [0.5, 0.6) is 0 Å². The number of hydrogen-bond acceptors (Lipinski definition) is 6. The van der Waals surface area contributed by atoms with E-state index in [1.807, 2.05) is 0 Å². The highest BCUT2D eigenvalue weighted by molar-refractivity contribution is 7.42. The van der Waals surface area contributed by atoms with Crippen molar-refractivity contribution in [2.24, 2.45) is 5.41 Å². The van der Waals surface area contributed by atoms with E-state index in [0.717, 1.165) is 11.1 Å². The van der Waals surface area contributed by atoms with E-state index in [1.165, 1.54) is 33.4 Å². The van der Waals surface area contributed by atoms with Crippen LogP contribution in [0.4, 0.5) is 0 Å². The fraction of sp³-hybridized carbons (Fsp3) is 0.676. The summed E-state index contributed by atoms with van der Waals surface area (Å²) in [7, 11) is -2.89. The highest BCUT2D eigenvalue weighted by Crippen LogP contribution is 2.53. The molecule has 4 rings (SSSR count). The molecule has 2 fully saturated rings. The van der Waals surface area contributed by atoms with E-state index in [1.54, 1.807) is 0 Å². The van der Waals surface area contributed by atoms with Crippen molar-refractivity contribution in [2.45, 2.75) is 132 Å². The van der Waals surface area contributed by atoms with Crippen LogP contribution in [0.3, 0.4) is 0 Å². The van der Waals surface area contributed by atoms with Gasteiger partial charge in [0.2, 0.25) is 0 Å². The predicted molar refractivity (Wildman–Crippen MR) is 187 cm³/mol. The predicted octanol–water partition coefficient (Wildman–Crippen LogP) is 10.8. The van der Waals surface area contributed by atoms with E-state index in [0.29, 0.717) is 39.6 Å². The monoisotopic (exact) mass is 660 g/mol. The van der Waals surface area contributed by atoms with Crippen molar-refractivity contribution in [1.82, 2.24) is 0 Å². The maximum Gasteiger partial charge on any atom is 0.333 e. The highest BCUT2D eigenvalue weighted by atomic mass is 31.2. The van der Waals surface area contributed by atoms with E-state index in [-0.39, 0.29) is 27.1 Å². The maximum atomic E-state index is 6.18. The average molecular weight is 661 g/mol. The molecule has 0 unspecified atom stereocenters. The second-order valence-electron chi connectivity index (χ2n) is 17.2. The van der Waals surface area contributed by atoms with Crippen LogP contribution in [0.2, 0.25) is 0 Å². The smallest absolute Gasteiger partial charge is 0.311 e. The van der Waals surface area contributed by atoms with Crippen LogP contribution in [0.1, 0.15) is 128 Å². The van der Waals surface area contributed by atoms with Crippen molar-refractivity contribution in [3.8, 4) is 0 Å². The van der Waals surface area contributed by atoms with Crippen LogP contribution < -0.4 is 0 Å². The maximum absolute atomic E-state index is 6.18. The molecule has 0 N–H and O–H groups in total. The molecule has 8 heteroatoms. The fourth-order valence-electron chi connectivity index (χ4n) is 6.32. The van der Waals surface area contributed by atoms with Gasteiger partial charge in [-0.25, -0.2) is 0 Å². The zero-order valence-corrected chi connectivity index (χ0v) is 32.2. The van der Waals surface area contributed by atoms with Gasteiger partial charge < -0.3 is 27.1 Å². The van der Waals surface area contributed by atoms with Crippen molar-refractivity contribution in [1.29, 1.82) is 0 Å². The minimum absolute atomic E-state index is 0.0462. The lowest BCUT2D eigenvalue weighted by Gasteiger charge is -2.41. The summed E-state index contributed by atoms with van der Waals surface area (Å²) >= 11 is 0. The van der Waals surface area contributed by atoms with Gasteiger partial charge in [-0.3, -0.25) is 0 Å². The Morgan fingerprint density at radius 3 is 0.978 bits per heavy atom. The molecular formula is C37H58O6P2. The summed E-state index contributed by atoms with van der Waals surface area (Å²) in [5.74, 6) is 0. The van der Waals surface area contributed by atoms with E-state index >= 15 is 0 Å². The van der Waals surface area contributed by atoms with Gasteiger partial charge in [0.25, 0.3) is 0 Å². The molecule has 2 aliphatic heterocycles. The third-order valence-corrected chi connectivity index (χ3v) is 10.8. The molecular weight excluding hydrogens is 602 g/mol. The summed E-state index contributed by atoms with van der Waals surface area (Å²) in [4.78, 5) is 0. The number of hydrogen-bond donors (Lipinski definition) is 0. The Balaban J connectivity index is 1.31. The van der Waals surface area contributed by atoms with Gasteiger partial charge in [-0.1, -0.05) is 107 Å². The Kier molecular flexibility index (Phi) is 11.1. The van der Waals surface area contributed by atoms with Gasteiger partial charge >= 0.3 is 17.2 Å². The van der Waals surface area contributed by atoms with Gasteiger partial charge in [-0.15, -0.1) is 0 Å². The van der Waals surface area contributed by atoms with Crippen LogP contribution in [-0.2, 0) is 62.0 Å². The molecule has 0 bridgehead atoms. The lowest BCUT2D eigenvalue weighted by Crippen LogP contribution is -2.44. The van der Waals surface area contributed by atoms with E-state index in [2.05, 4.69) is 121 Å². The second kappa shape index (κ2) is 13.5. The summed E-state index contributed by atoms with van der Waals surface area (Å²) in [6.45, 7) is 34.5. The molecule has 6 nitrogen and oxygen atoms in total. The Labute approximate surface area is 276 Å². The number of rotatable bonds is 6.